The highest BCUT2D eigenvalue weighted by Crippen LogP contribution is 2.41. The minimum atomic E-state index is -4.54. The first kappa shape index (κ1) is 22.1. The van der Waals surface area contributed by atoms with Gasteiger partial charge in [0.2, 0.25) is 5.82 Å². The SMILES string of the molecule is O=C(O)CC[C@@H]1Cc2cc(-c3noc(-c4ccc(-c5cccs5)c(C(F)(F)F)c4)n3)ccc2N1. The van der Waals surface area contributed by atoms with Gasteiger partial charge in [-0.15, -0.1) is 11.3 Å². The Balaban J connectivity index is 1.41. The molecule has 34 heavy (non-hydrogen) atoms. The maximum atomic E-state index is 13.8. The summed E-state index contributed by atoms with van der Waals surface area (Å²) in [6.45, 7) is 0. The zero-order valence-electron chi connectivity index (χ0n) is 17.6. The highest BCUT2D eigenvalue weighted by Gasteiger charge is 2.34. The summed E-state index contributed by atoms with van der Waals surface area (Å²) in [7, 11) is 0. The summed E-state index contributed by atoms with van der Waals surface area (Å²) >= 11 is 1.24. The minimum Gasteiger partial charge on any atom is -0.481 e. The summed E-state index contributed by atoms with van der Waals surface area (Å²) < 4.78 is 46.6. The third-order valence-corrected chi connectivity index (χ3v) is 6.58. The number of nitrogens with one attached hydrogen (secondary N) is 1. The van der Waals surface area contributed by atoms with E-state index < -0.39 is 17.7 Å². The minimum absolute atomic E-state index is 0.00353. The predicted molar refractivity (Wildman–Crippen MR) is 121 cm³/mol. The predicted octanol–water partition coefficient (Wildman–Crippen LogP) is 6.35. The Hall–Kier alpha value is -3.66. The molecular weight excluding hydrogens is 467 g/mol. The second-order valence-electron chi connectivity index (χ2n) is 8.01. The number of benzene rings is 2. The number of anilines is 1. The number of alkyl halides is 3. The molecule has 4 aromatic rings. The number of thiophene rings is 1. The van der Waals surface area contributed by atoms with E-state index in [0.29, 0.717) is 23.3 Å². The zero-order chi connectivity index (χ0) is 23.9. The number of halogens is 3. The van der Waals surface area contributed by atoms with Crippen LogP contribution < -0.4 is 5.32 Å². The van der Waals surface area contributed by atoms with Crippen molar-refractivity contribution in [2.45, 2.75) is 31.5 Å². The highest BCUT2D eigenvalue weighted by molar-refractivity contribution is 7.13. The molecule has 0 fully saturated rings. The van der Waals surface area contributed by atoms with E-state index in [-0.39, 0.29) is 35.3 Å². The van der Waals surface area contributed by atoms with E-state index in [2.05, 4.69) is 15.5 Å². The van der Waals surface area contributed by atoms with Crippen LogP contribution >= 0.6 is 11.3 Å². The summed E-state index contributed by atoms with van der Waals surface area (Å²) in [4.78, 5) is 15.7. The van der Waals surface area contributed by atoms with Gasteiger partial charge in [0.15, 0.2) is 0 Å². The Morgan fingerprint density at radius 3 is 2.74 bits per heavy atom. The molecule has 1 atom stereocenters. The summed E-state index contributed by atoms with van der Waals surface area (Å²) in [6, 6.07) is 12.9. The molecule has 6 nitrogen and oxygen atoms in total. The van der Waals surface area contributed by atoms with Crippen molar-refractivity contribution >= 4 is 23.0 Å². The fraction of sp³-hybridized carbons (Fsp3) is 0.208. The quantitative estimate of drug-likeness (QED) is 0.331. The van der Waals surface area contributed by atoms with Crippen molar-refractivity contribution in [2.75, 3.05) is 5.32 Å². The zero-order valence-corrected chi connectivity index (χ0v) is 18.4. The van der Waals surface area contributed by atoms with Gasteiger partial charge in [0.25, 0.3) is 5.89 Å². The van der Waals surface area contributed by atoms with E-state index in [0.717, 1.165) is 17.3 Å². The van der Waals surface area contributed by atoms with Gasteiger partial charge in [-0.2, -0.15) is 18.2 Å². The Labute approximate surface area is 196 Å². The lowest BCUT2D eigenvalue weighted by molar-refractivity contribution is -0.138. The molecule has 3 heterocycles. The molecule has 2 aromatic carbocycles. The Morgan fingerprint density at radius 2 is 2.00 bits per heavy atom. The number of aliphatic carboxylic acids is 1. The van der Waals surface area contributed by atoms with E-state index in [1.807, 2.05) is 12.1 Å². The van der Waals surface area contributed by atoms with Crippen LogP contribution in [0.3, 0.4) is 0 Å². The second kappa shape index (κ2) is 8.60. The molecule has 0 amide bonds. The number of carboxylic acid groups (broad SMARTS) is 1. The van der Waals surface area contributed by atoms with Gasteiger partial charge < -0.3 is 14.9 Å². The van der Waals surface area contributed by atoms with E-state index in [1.165, 1.54) is 17.4 Å². The van der Waals surface area contributed by atoms with Crippen molar-refractivity contribution in [3.05, 3.63) is 65.0 Å². The molecule has 1 aliphatic heterocycles. The fourth-order valence-corrected chi connectivity index (χ4v) is 4.83. The molecule has 0 bridgehead atoms. The molecule has 0 aliphatic carbocycles. The Kier molecular flexibility index (Phi) is 5.60. The number of carboxylic acids is 1. The second-order valence-corrected chi connectivity index (χ2v) is 8.96. The maximum absolute atomic E-state index is 13.8. The largest absolute Gasteiger partial charge is 0.481 e. The van der Waals surface area contributed by atoms with Crippen molar-refractivity contribution < 1.29 is 27.6 Å². The molecule has 2 N–H and O–H groups in total. The summed E-state index contributed by atoms with van der Waals surface area (Å²) in [6.07, 6.45) is -3.28. The first-order valence-electron chi connectivity index (χ1n) is 10.5. The van der Waals surface area contributed by atoms with Crippen molar-refractivity contribution in [2.24, 2.45) is 0 Å². The Bertz CT molecular complexity index is 1350. The fourth-order valence-electron chi connectivity index (χ4n) is 4.07. The van der Waals surface area contributed by atoms with Crippen LogP contribution in [0.4, 0.5) is 18.9 Å². The van der Waals surface area contributed by atoms with Crippen LogP contribution in [0.2, 0.25) is 0 Å². The van der Waals surface area contributed by atoms with E-state index in [9.17, 15) is 18.0 Å². The lowest BCUT2D eigenvalue weighted by Gasteiger charge is -2.12. The topological polar surface area (TPSA) is 88.2 Å². The van der Waals surface area contributed by atoms with Gasteiger partial charge in [-0.25, -0.2) is 0 Å². The Morgan fingerprint density at radius 1 is 1.18 bits per heavy atom. The first-order chi connectivity index (χ1) is 16.3. The van der Waals surface area contributed by atoms with Crippen LogP contribution in [0, 0.1) is 0 Å². The maximum Gasteiger partial charge on any atom is 0.417 e. The van der Waals surface area contributed by atoms with Crippen molar-refractivity contribution in [1.82, 2.24) is 10.1 Å². The van der Waals surface area contributed by atoms with Crippen LogP contribution in [0.15, 0.2) is 58.4 Å². The molecule has 1 aliphatic rings. The number of aromatic nitrogens is 2. The van der Waals surface area contributed by atoms with E-state index >= 15 is 0 Å². The average Bonchev–Trinajstić information content (AvgIpc) is 3.56. The molecule has 0 saturated heterocycles. The van der Waals surface area contributed by atoms with Crippen molar-refractivity contribution in [3.63, 3.8) is 0 Å². The smallest absolute Gasteiger partial charge is 0.417 e. The third kappa shape index (κ3) is 4.41. The van der Waals surface area contributed by atoms with Crippen LogP contribution in [0.1, 0.15) is 24.0 Å². The van der Waals surface area contributed by atoms with E-state index in [4.69, 9.17) is 9.63 Å². The van der Waals surface area contributed by atoms with Gasteiger partial charge in [0, 0.05) is 39.7 Å². The van der Waals surface area contributed by atoms with Gasteiger partial charge in [-0.3, -0.25) is 4.79 Å². The lowest BCUT2D eigenvalue weighted by Crippen LogP contribution is -2.16. The normalized spacial score (nSPS) is 15.2. The molecule has 0 spiro atoms. The number of hydrogen-bond acceptors (Lipinski definition) is 6. The van der Waals surface area contributed by atoms with Crippen LogP contribution in [0.25, 0.3) is 33.3 Å². The summed E-state index contributed by atoms with van der Waals surface area (Å²) in [5, 5.41) is 17.9. The molecule has 174 valence electrons. The molecular formula is C24H18F3N3O3S. The molecule has 10 heteroatoms. The molecule has 2 aromatic heterocycles. The molecule has 0 radical (unpaired) electrons. The highest BCUT2D eigenvalue weighted by atomic mass is 32.1. The van der Waals surface area contributed by atoms with Gasteiger partial charge >= 0.3 is 12.1 Å². The van der Waals surface area contributed by atoms with Crippen LogP contribution in [-0.2, 0) is 17.4 Å². The molecule has 5 rings (SSSR count). The number of rotatable bonds is 6. The van der Waals surface area contributed by atoms with Gasteiger partial charge in [-0.05, 0) is 60.2 Å². The van der Waals surface area contributed by atoms with E-state index in [1.54, 1.807) is 29.6 Å². The lowest BCUT2D eigenvalue weighted by atomic mass is 10.0. The summed E-state index contributed by atoms with van der Waals surface area (Å²) in [5.74, 6) is -0.575. The average molecular weight is 485 g/mol. The number of carbonyl (C=O) groups is 1. The summed E-state index contributed by atoms with van der Waals surface area (Å²) in [5.41, 5.74) is 2.11. The van der Waals surface area contributed by atoms with Gasteiger partial charge in [-0.1, -0.05) is 17.3 Å². The first-order valence-corrected chi connectivity index (χ1v) is 11.4. The standard InChI is InChI=1S/C24H18F3N3O3S/c25-24(26,27)18-12-14(3-6-17(18)20-2-1-9-34-20)23-29-22(30-33-23)13-4-7-19-15(10-13)11-16(28-19)5-8-21(31)32/h1-4,6-7,9-10,12,16,28H,5,8,11H2,(H,31,32)/t16-/m1/s1. The van der Waals surface area contributed by atoms with Crippen molar-refractivity contribution in [1.29, 1.82) is 0 Å². The number of fused-ring (bicyclic) bond motifs is 1. The monoisotopic (exact) mass is 485 g/mol. The molecule has 0 saturated carbocycles. The van der Waals surface area contributed by atoms with Crippen molar-refractivity contribution in [3.8, 4) is 33.3 Å². The third-order valence-electron chi connectivity index (χ3n) is 5.68. The van der Waals surface area contributed by atoms with Gasteiger partial charge in [0.05, 0.1) is 5.56 Å². The number of hydrogen-bond donors (Lipinski definition) is 2. The van der Waals surface area contributed by atoms with Crippen LogP contribution in [0.5, 0.6) is 0 Å². The molecule has 0 unspecified atom stereocenters. The van der Waals surface area contributed by atoms with Gasteiger partial charge in [0.1, 0.15) is 0 Å². The number of nitrogens with zero attached hydrogens (tertiary/aromatic N) is 2. The van der Waals surface area contributed by atoms with Crippen LogP contribution in [-0.4, -0.2) is 27.3 Å².